The fraction of sp³-hybridized carbons (Fsp3) is 0.294. The van der Waals surface area contributed by atoms with Gasteiger partial charge in [-0.15, -0.1) is 0 Å². The minimum absolute atomic E-state index is 0.155. The first kappa shape index (κ1) is 13.1. The van der Waals surface area contributed by atoms with Crippen LogP contribution in [0.3, 0.4) is 0 Å². The molecule has 20 heavy (non-hydrogen) atoms. The molecule has 104 valence electrons. The third kappa shape index (κ3) is 2.29. The summed E-state index contributed by atoms with van der Waals surface area (Å²) in [5, 5.41) is 10.5. The maximum atomic E-state index is 13.4. The van der Waals surface area contributed by atoms with Gasteiger partial charge in [0.1, 0.15) is 6.10 Å². The minimum atomic E-state index is -0.754. The van der Waals surface area contributed by atoms with Crippen LogP contribution >= 0.6 is 0 Å². The van der Waals surface area contributed by atoms with Crippen LogP contribution in [-0.2, 0) is 12.8 Å². The molecule has 1 aliphatic rings. The van der Waals surface area contributed by atoms with Gasteiger partial charge in [0, 0.05) is 0 Å². The van der Waals surface area contributed by atoms with Crippen LogP contribution in [0.25, 0.3) is 0 Å². The summed E-state index contributed by atoms with van der Waals surface area (Å²) in [5.41, 5.74) is 4.17. The van der Waals surface area contributed by atoms with Gasteiger partial charge in [-0.2, -0.15) is 0 Å². The molecule has 0 heterocycles. The van der Waals surface area contributed by atoms with E-state index in [9.17, 15) is 9.50 Å². The Morgan fingerprint density at radius 2 is 1.75 bits per heavy atom. The van der Waals surface area contributed by atoms with Crippen molar-refractivity contribution in [2.24, 2.45) is 0 Å². The van der Waals surface area contributed by atoms with Crippen molar-refractivity contribution < 1.29 is 14.2 Å². The van der Waals surface area contributed by atoms with Crippen LogP contribution < -0.4 is 4.74 Å². The zero-order chi connectivity index (χ0) is 14.1. The normalized spacial score (nSPS) is 14.9. The van der Waals surface area contributed by atoms with Gasteiger partial charge in [-0.3, -0.25) is 0 Å². The first-order valence-corrected chi connectivity index (χ1v) is 6.82. The molecule has 0 saturated carbocycles. The second-order valence-electron chi connectivity index (χ2n) is 5.18. The molecule has 0 saturated heterocycles. The smallest absolute Gasteiger partial charge is 0.165 e. The molecule has 0 radical (unpaired) electrons. The number of ether oxygens (including phenoxy) is 1. The molecule has 0 aliphatic heterocycles. The highest BCUT2D eigenvalue weighted by atomic mass is 19.1. The molecule has 2 nitrogen and oxygen atoms in total. The van der Waals surface area contributed by atoms with Gasteiger partial charge >= 0.3 is 0 Å². The van der Waals surface area contributed by atoms with Gasteiger partial charge in [0.25, 0.3) is 0 Å². The predicted molar refractivity (Wildman–Crippen MR) is 75.5 cm³/mol. The van der Waals surface area contributed by atoms with Crippen LogP contribution in [0.15, 0.2) is 36.4 Å². The van der Waals surface area contributed by atoms with Gasteiger partial charge < -0.3 is 9.84 Å². The molecule has 3 rings (SSSR count). The molecule has 1 unspecified atom stereocenters. The van der Waals surface area contributed by atoms with Crippen molar-refractivity contribution in [1.82, 2.24) is 0 Å². The molecule has 0 spiro atoms. The van der Waals surface area contributed by atoms with E-state index in [2.05, 4.69) is 12.1 Å². The van der Waals surface area contributed by atoms with E-state index < -0.39 is 11.9 Å². The van der Waals surface area contributed by atoms with Gasteiger partial charge in [0.15, 0.2) is 11.6 Å². The highest BCUT2D eigenvalue weighted by molar-refractivity contribution is 5.41. The van der Waals surface area contributed by atoms with E-state index in [1.165, 1.54) is 30.7 Å². The fourth-order valence-corrected chi connectivity index (χ4v) is 2.80. The molecule has 0 bridgehead atoms. The lowest BCUT2D eigenvalue weighted by Crippen LogP contribution is -2.02. The van der Waals surface area contributed by atoms with E-state index in [1.54, 1.807) is 12.1 Å². The summed E-state index contributed by atoms with van der Waals surface area (Å²) in [6, 6.07) is 10.6. The zero-order valence-corrected chi connectivity index (χ0v) is 11.4. The van der Waals surface area contributed by atoms with Crippen LogP contribution in [-0.4, -0.2) is 12.2 Å². The highest BCUT2D eigenvalue weighted by Crippen LogP contribution is 2.30. The summed E-state index contributed by atoms with van der Waals surface area (Å²) in [6.45, 7) is 0. The van der Waals surface area contributed by atoms with Crippen molar-refractivity contribution >= 4 is 0 Å². The summed E-state index contributed by atoms with van der Waals surface area (Å²) >= 11 is 0. The fourth-order valence-electron chi connectivity index (χ4n) is 2.80. The lowest BCUT2D eigenvalue weighted by Gasteiger charge is -2.14. The number of hydrogen-bond donors (Lipinski definition) is 1. The van der Waals surface area contributed by atoms with Crippen molar-refractivity contribution in [3.8, 4) is 5.75 Å². The average molecular weight is 272 g/mol. The maximum Gasteiger partial charge on any atom is 0.165 e. The lowest BCUT2D eigenvalue weighted by molar-refractivity contribution is 0.219. The second-order valence-corrected chi connectivity index (χ2v) is 5.18. The minimum Gasteiger partial charge on any atom is -0.494 e. The molecule has 1 aliphatic carbocycles. The number of aliphatic hydroxyl groups excluding tert-OH is 1. The molecule has 0 amide bonds. The standard InChI is InChI=1S/C17H17FO2/c1-20-16-10-14(7-8-15(16)18)17(19)13-6-5-11-3-2-4-12(11)9-13/h5-10,17,19H,2-4H2,1H3. The van der Waals surface area contributed by atoms with Crippen LogP contribution in [0.4, 0.5) is 4.39 Å². The van der Waals surface area contributed by atoms with E-state index in [0.717, 1.165) is 18.4 Å². The monoisotopic (exact) mass is 272 g/mol. The van der Waals surface area contributed by atoms with Gasteiger partial charge in [-0.25, -0.2) is 4.39 Å². The molecule has 0 fully saturated rings. The Hall–Kier alpha value is -1.87. The SMILES string of the molecule is COc1cc(C(O)c2ccc3c(c2)CCC3)ccc1F. The molecule has 1 N–H and O–H groups in total. The van der Waals surface area contributed by atoms with Crippen LogP contribution in [0.5, 0.6) is 5.75 Å². The topological polar surface area (TPSA) is 29.5 Å². The van der Waals surface area contributed by atoms with Gasteiger partial charge in [0.05, 0.1) is 7.11 Å². The Morgan fingerprint density at radius 3 is 2.55 bits per heavy atom. The summed E-state index contributed by atoms with van der Waals surface area (Å²) in [4.78, 5) is 0. The first-order chi connectivity index (χ1) is 9.69. The Morgan fingerprint density at radius 1 is 1.05 bits per heavy atom. The maximum absolute atomic E-state index is 13.4. The van der Waals surface area contributed by atoms with Crippen molar-refractivity contribution in [3.63, 3.8) is 0 Å². The number of aryl methyl sites for hydroxylation is 2. The molecular weight excluding hydrogens is 255 g/mol. The number of hydrogen-bond acceptors (Lipinski definition) is 2. The number of rotatable bonds is 3. The number of halogens is 1. The van der Waals surface area contributed by atoms with Crippen molar-refractivity contribution in [1.29, 1.82) is 0 Å². The van der Waals surface area contributed by atoms with Crippen molar-refractivity contribution in [3.05, 3.63) is 64.5 Å². The van der Waals surface area contributed by atoms with E-state index in [1.807, 2.05) is 6.07 Å². The predicted octanol–water partition coefficient (Wildman–Crippen LogP) is 3.40. The Labute approximate surface area is 117 Å². The second kappa shape index (κ2) is 5.25. The molecule has 2 aromatic carbocycles. The Balaban J connectivity index is 1.94. The molecule has 2 aromatic rings. The number of fused-ring (bicyclic) bond motifs is 1. The molecule has 3 heteroatoms. The Kier molecular flexibility index (Phi) is 3.45. The average Bonchev–Trinajstić information content (AvgIpc) is 2.94. The summed E-state index contributed by atoms with van der Waals surface area (Å²) in [6.07, 6.45) is 2.62. The largest absolute Gasteiger partial charge is 0.494 e. The van der Waals surface area contributed by atoms with E-state index in [-0.39, 0.29) is 5.75 Å². The molecule has 1 atom stereocenters. The van der Waals surface area contributed by atoms with Gasteiger partial charge in [0.2, 0.25) is 0 Å². The van der Waals surface area contributed by atoms with Crippen molar-refractivity contribution in [2.75, 3.05) is 7.11 Å². The van der Waals surface area contributed by atoms with Crippen LogP contribution in [0.2, 0.25) is 0 Å². The van der Waals surface area contributed by atoms with Gasteiger partial charge in [-0.1, -0.05) is 24.3 Å². The molecular formula is C17H17FO2. The number of methoxy groups -OCH3 is 1. The molecule has 0 aromatic heterocycles. The highest BCUT2D eigenvalue weighted by Gasteiger charge is 2.17. The van der Waals surface area contributed by atoms with E-state index in [0.29, 0.717) is 5.56 Å². The zero-order valence-electron chi connectivity index (χ0n) is 11.4. The number of aliphatic hydroxyl groups is 1. The summed E-state index contributed by atoms with van der Waals surface area (Å²) in [5.74, 6) is -0.264. The number of benzene rings is 2. The van der Waals surface area contributed by atoms with E-state index in [4.69, 9.17) is 4.74 Å². The Bertz CT molecular complexity index is 626. The third-order valence-electron chi connectivity index (χ3n) is 3.93. The van der Waals surface area contributed by atoms with E-state index >= 15 is 0 Å². The van der Waals surface area contributed by atoms with Crippen LogP contribution in [0, 0.1) is 5.82 Å². The van der Waals surface area contributed by atoms with Gasteiger partial charge in [-0.05, 0) is 53.6 Å². The lowest BCUT2D eigenvalue weighted by atomic mass is 9.98. The quantitative estimate of drug-likeness (QED) is 0.928. The summed E-state index contributed by atoms with van der Waals surface area (Å²) in [7, 11) is 1.42. The third-order valence-corrected chi connectivity index (χ3v) is 3.93. The van der Waals surface area contributed by atoms with Crippen LogP contribution in [0.1, 0.15) is 34.8 Å². The van der Waals surface area contributed by atoms with Crippen molar-refractivity contribution in [2.45, 2.75) is 25.4 Å². The first-order valence-electron chi connectivity index (χ1n) is 6.82. The summed E-state index contributed by atoms with van der Waals surface area (Å²) < 4.78 is 18.4.